The van der Waals surface area contributed by atoms with Crippen molar-refractivity contribution in [3.63, 3.8) is 0 Å². The van der Waals surface area contributed by atoms with E-state index in [0.717, 1.165) is 45.6 Å². The number of fused-ring (bicyclic) bond motifs is 2. The minimum absolute atomic E-state index is 0.713. The van der Waals surface area contributed by atoms with Gasteiger partial charge >= 0.3 is 0 Å². The second-order valence-electron chi connectivity index (χ2n) is 7.15. The minimum atomic E-state index is 0.713. The molecule has 0 spiro atoms. The molecule has 0 saturated carbocycles. The number of rotatable bonds is 4. The normalized spacial score (nSPS) is 11.5. The van der Waals surface area contributed by atoms with Gasteiger partial charge in [-0.2, -0.15) is 0 Å². The number of hydrogen-bond donors (Lipinski definition) is 5. The van der Waals surface area contributed by atoms with Crippen LogP contribution >= 0.6 is 0 Å². The number of nitrogens with two attached hydrogens (primary N) is 2. The predicted molar refractivity (Wildman–Crippen MR) is 125 cm³/mol. The second-order valence-corrected chi connectivity index (χ2v) is 7.15. The van der Waals surface area contributed by atoms with Crippen LogP contribution in [0, 0.1) is 0 Å². The van der Waals surface area contributed by atoms with E-state index in [1.54, 1.807) is 0 Å². The van der Waals surface area contributed by atoms with Gasteiger partial charge in [0.1, 0.15) is 0 Å². The highest BCUT2D eigenvalue weighted by Crippen LogP contribution is 2.44. The first-order valence-corrected chi connectivity index (χ1v) is 9.60. The van der Waals surface area contributed by atoms with E-state index in [0.29, 0.717) is 11.4 Å². The van der Waals surface area contributed by atoms with E-state index in [1.807, 2.05) is 84.9 Å². The van der Waals surface area contributed by atoms with E-state index < -0.39 is 0 Å². The summed E-state index contributed by atoms with van der Waals surface area (Å²) >= 11 is 0. The van der Waals surface area contributed by atoms with E-state index in [1.165, 1.54) is 0 Å². The van der Waals surface area contributed by atoms with Gasteiger partial charge in [-0.1, -0.05) is 12.1 Å². The zero-order valence-corrected chi connectivity index (χ0v) is 16.1. The summed E-state index contributed by atoms with van der Waals surface area (Å²) in [6, 6.07) is 27.2. The molecule has 6 heteroatoms. The van der Waals surface area contributed by atoms with Crippen molar-refractivity contribution in [1.82, 2.24) is 0 Å². The quantitative estimate of drug-likeness (QED) is 0.233. The Kier molecular flexibility index (Phi) is 4.29. The molecule has 1 heterocycles. The summed E-state index contributed by atoms with van der Waals surface area (Å²) in [5.74, 6) is 1.50. The van der Waals surface area contributed by atoms with Crippen molar-refractivity contribution in [2.24, 2.45) is 0 Å². The van der Waals surface area contributed by atoms with Crippen LogP contribution in [-0.2, 0) is 0 Å². The topological polar surface area (TPSA) is 97.4 Å². The van der Waals surface area contributed by atoms with Crippen LogP contribution < -0.4 is 32.2 Å². The van der Waals surface area contributed by atoms with Crippen molar-refractivity contribution in [3.8, 4) is 11.5 Å². The van der Waals surface area contributed by atoms with Crippen LogP contribution in [0.1, 0.15) is 0 Å². The highest BCUT2D eigenvalue weighted by atomic mass is 16.5. The maximum absolute atomic E-state index is 6.19. The molecule has 1 aliphatic heterocycles. The molecule has 5 rings (SSSR count). The fraction of sp³-hybridized carbons (Fsp3) is 0. The van der Waals surface area contributed by atoms with Crippen molar-refractivity contribution in [2.75, 3.05) is 27.4 Å². The van der Waals surface area contributed by atoms with Crippen molar-refractivity contribution < 1.29 is 4.74 Å². The van der Waals surface area contributed by atoms with Gasteiger partial charge in [0.2, 0.25) is 0 Å². The first-order chi connectivity index (χ1) is 14.6. The lowest BCUT2D eigenvalue weighted by molar-refractivity contribution is 0.481. The first kappa shape index (κ1) is 17.8. The molecule has 4 aromatic carbocycles. The van der Waals surface area contributed by atoms with Crippen LogP contribution in [0.5, 0.6) is 11.5 Å². The van der Waals surface area contributed by atoms with Crippen molar-refractivity contribution in [3.05, 3.63) is 84.9 Å². The summed E-state index contributed by atoms with van der Waals surface area (Å²) in [5.41, 5.74) is 18.7. The molecule has 4 aromatic rings. The molecule has 0 amide bonds. The fourth-order valence-electron chi connectivity index (χ4n) is 3.41. The minimum Gasteiger partial charge on any atom is -0.453 e. The lowest BCUT2D eigenvalue weighted by Gasteiger charge is -2.23. The third kappa shape index (κ3) is 3.66. The zero-order valence-electron chi connectivity index (χ0n) is 16.1. The highest BCUT2D eigenvalue weighted by Gasteiger charge is 2.17. The summed E-state index contributed by atoms with van der Waals surface area (Å²) in [7, 11) is 0. The van der Waals surface area contributed by atoms with Crippen LogP contribution in [-0.4, -0.2) is 0 Å². The van der Waals surface area contributed by atoms with E-state index in [9.17, 15) is 0 Å². The lowest BCUT2D eigenvalue weighted by atomic mass is 10.1. The van der Waals surface area contributed by atoms with E-state index in [4.69, 9.17) is 16.2 Å². The van der Waals surface area contributed by atoms with Crippen LogP contribution in [0.2, 0.25) is 0 Å². The highest BCUT2D eigenvalue weighted by molar-refractivity contribution is 5.80. The molecule has 7 N–H and O–H groups in total. The molecular weight excluding hydrogens is 374 g/mol. The SMILES string of the molecule is Nc1cccc(Nc2ccc3c(c2)Oc2cc(Nc4cccc(N)c4)ccc2N3)c1. The Morgan fingerprint density at radius 2 is 1.03 bits per heavy atom. The molecule has 0 radical (unpaired) electrons. The summed E-state index contributed by atoms with van der Waals surface area (Å²) in [4.78, 5) is 0. The molecule has 148 valence electrons. The van der Waals surface area contributed by atoms with Gasteiger partial charge in [-0.25, -0.2) is 0 Å². The van der Waals surface area contributed by atoms with Gasteiger partial charge in [0.05, 0.1) is 11.4 Å². The molecule has 0 unspecified atom stereocenters. The molecule has 0 atom stereocenters. The Labute approximate surface area is 174 Å². The van der Waals surface area contributed by atoms with Crippen molar-refractivity contribution in [2.45, 2.75) is 0 Å². The molecule has 1 aliphatic rings. The molecule has 0 fully saturated rings. The van der Waals surface area contributed by atoms with Gasteiger partial charge in [-0.3, -0.25) is 0 Å². The number of ether oxygens (including phenoxy) is 1. The Morgan fingerprint density at radius 1 is 0.567 bits per heavy atom. The van der Waals surface area contributed by atoms with Gasteiger partial charge in [0, 0.05) is 46.3 Å². The third-order valence-corrected chi connectivity index (χ3v) is 4.80. The third-order valence-electron chi connectivity index (χ3n) is 4.80. The van der Waals surface area contributed by atoms with Crippen LogP contribution in [0.4, 0.5) is 45.5 Å². The monoisotopic (exact) mass is 395 g/mol. The van der Waals surface area contributed by atoms with Gasteiger partial charge in [0.25, 0.3) is 0 Å². The fourth-order valence-corrected chi connectivity index (χ4v) is 3.41. The maximum atomic E-state index is 6.19. The van der Waals surface area contributed by atoms with Crippen LogP contribution in [0.25, 0.3) is 0 Å². The average molecular weight is 395 g/mol. The first-order valence-electron chi connectivity index (χ1n) is 9.60. The van der Waals surface area contributed by atoms with Gasteiger partial charge in [-0.15, -0.1) is 0 Å². The molecule has 0 saturated heterocycles. The number of hydrogen-bond acceptors (Lipinski definition) is 6. The Hall–Kier alpha value is -4.32. The average Bonchev–Trinajstić information content (AvgIpc) is 2.72. The van der Waals surface area contributed by atoms with Crippen molar-refractivity contribution >= 4 is 45.5 Å². The van der Waals surface area contributed by atoms with Crippen molar-refractivity contribution in [1.29, 1.82) is 0 Å². The summed E-state index contributed by atoms with van der Waals surface area (Å²) in [6.07, 6.45) is 0. The second kappa shape index (κ2) is 7.25. The maximum Gasteiger partial charge on any atom is 0.153 e. The predicted octanol–water partition coefficient (Wildman–Crippen LogP) is 6.19. The Morgan fingerprint density at radius 3 is 1.50 bits per heavy atom. The molecular formula is C24H21N5O. The summed E-state index contributed by atoms with van der Waals surface area (Å²) < 4.78 is 6.19. The Bertz CT molecular complexity index is 1140. The molecule has 6 nitrogen and oxygen atoms in total. The van der Waals surface area contributed by atoms with Crippen LogP contribution in [0.15, 0.2) is 84.9 Å². The molecule has 0 bridgehead atoms. The standard InChI is InChI=1S/C24H21N5O/c25-15-3-1-5-17(11-15)27-19-7-9-21-23(13-19)30-24-14-20(8-10-22(24)29-21)28-18-6-2-4-16(26)12-18/h1-14,27-29H,25-26H2. The molecule has 0 aliphatic carbocycles. The lowest BCUT2D eigenvalue weighted by Crippen LogP contribution is -2.04. The number of benzene rings is 4. The summed E-state index contributed by atoms with van der Waals surface area (Å²) in [6.45, 7) is 0. The van der Waals surface area contributed by atoms with Gasteiger partial charge in [0.15, 0.2) is 11.5 Å². The number of anilines is 8. The smallest absolute Gasteiger partial charge is 0.153 e. The molecule has 30 heavy (non-hydrogen) atoms. The van der Waals surface area contributed by atoms with E-state index in [2.05, 4.69) is 16.0 Å². The largest absolute Gasteiger partial charge is 0.453 e. The summed E-state index contributed by atoms with van der Waals surface area (Å²) in [5, 5.41) is 10.1. The Balaban J connectivity index is 1.38. The zero-order chi connectivity index (χ0) is 20.5. The van der Waals surface area contributed by atoms with Gasteiger partial charge < -0.3 is 32.2 Å². The molecule has 0 aromatic heterocycles. The number of nitrogens with one attached hydrogen (secondary N) is 3. The van der Waals surface area contributed by atoms with Crippen LogP contribution in [0.3, 0.4) is 0 Å². The van der Waals surface area contributed by atoms with Gasteiger partial charge in [-0.05, 0) is 60.7 Å². The number of nitrogen functional groups attached to an aromatic ring is 2. The van der Waals surface area contributed by atoms with E-state index >= 15 is 0 Å². The van der Waals surface area contributed by atoms with E-state index in [-0.39, 0.29) is 0 Å².